The number of imidazole rings is 1. The second-order valence-electron chi connectivity index (χ2n) is 7.18. The Balaban J connectivity index is 1.94. The molecule has 2 unspecified atom stereocenters. The molecule has 0 saturated carbocycles. The number of nitrogens with zero attached hydrogens (tertiary/aromatic N) is 3. The van der Waals surface area contributed by atoms with Gasteiger partial charge in [0.15, 0.2) is 9.84 Å². The van der Waals surface area contributed by atoms with Crippen LogP contribution in [-0.4, -0.2) is 54.2 Å². The van der Waals surface area contributed by atoms with E-state index in [4.69, 9.17) is 5.73 Å². The minimum Gasteiger partial charge on any atom is -0.337 e. The highest BCUT2D eigenvalue weighted by atomic mass is 32.2. The van der Waals surface area contributed by atoms with Crippen molar-refractivity contribution < 1.29 is 13.2 Å². The van der Waals surface area contributed by atoms with Gasteiger partial charge in [-0.15, -0.1) is 0 Å². The van der Waals surface area contributed by atoms with Gasteiger partial charge in [-0.05, 0) is 30.9 Å². The maximum atomic E-state index is 13.0. The molecule has 1 fully saturated rings. The van der Waals surface area contributed by atoms with Crippen LogP contribution in [0.1, 0.15) is 25.6 Å². The number of hydrogen-bond donors (Lipinski definition) is 1. The van der Waals surface area contributed by atoms with Crippen molar-refractivity contribution in [2.75, 3.05) is 19.3 Å². The first kappa shape index (κ1) is 18.8. The number of aromatic nitrogens is 2. The van der Waals surface area contributed by atoms with Crippen LogP contribution in [0.15, 0.2) is 24.3 Å². The molecule has 1 aromatic carbocycles. The van der Waals surface area contributed by atoms with Gasteiger partial charge < -0.3 is 15.2 Å². The number of nitrogens with two attached hydrogens (primary N) is 1. The Labute approximate surface area is 154 Å². The maximum absolute atomic E-state index is 13.0. The van der Waals surface area contributed by atoms with E-state index in [2.05, 4.69) is 11.9 Å². The molecule has 26 heavy (non-hydrogen) atoms. The summed E-state index contributed by atoms with van der Waals surface area (Å²) < 4.78 is 25.3. The standard InChI is InChI=1S/C18H26N4O3S/c1-13-6-5-9-21(16(13)10-19)18(23)11-22-15-8-4-3-7-14(15)20-17(22)12-26(2,24)25/h3-4,7-8,13,16H,5-6,9-12,19H2,1-2H3. The monoisotopic (exact) mass is 378 g/mol. The topological polar surface area (TPSA) is 98.3 Å². The summed E-state index contributed by atoms with van der Waals surface area (Å²) in [5.74, 6) is 0.542. The zero-order valence-corrected chi connectivity index (χ0v) is 16.1. The Kier molecular flexibility index (Phi) is 5.34. The van der Waals surface area contributed by atoms with E-state index in [0.29, 0.717) is 30.3 Å². The number of fused-ring (bicyclic) bond motifs is 1. The zero-order chi connectivity index (χ0) is 18.9. The highest BCUT2D eigenvalue weighted by Crippen LogP contribution is 2.24. The second kappa shape index (κ2) is 7.36. The van der Waals surface area contributed by atoms with E-state index in [1.54, 1.807) is 4.57 Å². The molecule has 2 aromatic rings. The Morgan fingerprint density at radius 1 is 1.35 bits per heavy atom. The summed E-state index contributed by atoms with van der Waals surface area (Å²) in [5.41, 5.74) is 7.37. The molecule has 1 amide bonds. The van der Waals surface area contributed by atoms with Crippen molar-refractivity contribution in [3.05, 3.63) is 30.1 Å². The number of carbonyl (C=O) groups excluding carboxylic acids is 1. The summed E-state index contributed by atoms with van der Waals surface area (Å²) in [4.78, 5) is 19.3. The van der Waals surface area contributed by atoms with Crippen molar-refractivity contribution in [3.8, 4) is 0 Å². The van der Waals surface area contributed by atoms with Crippen molar-refractivity contribution >= 4 is 26.8 Å². The van der Waals surface area contributed by atoms with Crippen LogP contribution in [0.5, 0.6) is 0 Å². The van der Waals surface area contributed by atoms with Crippen molar-refractivity contribution in [1.82, 2.24) is 14.5 Å². The number of para-hydroxylation sites is 2. The van der Waals surface area contributed by atoms with Crippen LogP contribution in [0.2, 0.25) is 0 Å². The SMILES string of the molecule is CC1CCCN(C(=O)Cn2c(CS(C)(=O)=O)nc3ccccc32)C1CN. The van der Waals surface area contributed by atoms with Crippen molar-refractivity contribution in [3.63, 3.8) is 0 Å². The first-order valence-corrected chi connectivity index (χ1v) is 11.0. The Morgan fingerprint density at radius 2 is 2.08 bits per heavy atom. The third-order valence-corrected chi connectivity index (χ3v) is 5.88. The summed E-state index contributed by atoms with van der Waals surface area (Å²) in [6.45, 7) is 3.33. The number of amides is 1. The largest absolute Gasteiger partial charge is 0.337 e. The molecule has 1 saturated heterocycles. The van der Waals surface area contributed by atoms with E-state index in [1.165, 1.54) is 6.26 Å². The maximum Gasteiger partial charge on any atom is 0.242 e. The highest BCUT2D eigenvalue weighted by molar-refractivity contribution is 7.89. The van der Waals surface area contributed by atoms with Crippen LogP contribution in [0.4, 0.5) is 0 Å². The molecule has 3 rings (SSSR count). The van der Waals surface area contributed by atoms with Crippen molar-refractivity contribution in [2.24, 2.45) is 11.7 Å². The van der Waals surface area contributed by atoms with Gasteiger partial charge in [0.25, 0.3) is 0 Å². The third kappa shape index (κ3) is 3.91. The number of carbonyl (C=O) groups is 1. The van der Waals surface area contributed by atoms with Gasteiger partial charge >= 0.3 is 0 Å². The van der Waals surface area contributed by atoms with E-state index in [9.17, 15) is 13.2 Å². The van der Waals surface area contributed by atoms with Gasteiger partial charge in [-0.25, -0.2) is 13.4 Å². The van der Waals surface area contributed by atoms with E-state index in [0.717, 1.165) is 18.4 Å². The smallest absolute Gasteiger partial charge is 0.242 e. The average Bonchev–Trinajstić information content (AvgIpc) is 2.90. The van der Waals surface area contributed by atoms with Crippen LogP contribution in [0.25, 0.3) is 11.0 Å². The fourth-order valence-corrected chi connectivity index (χ4v) is 4.48. The number of benzene rings is 1. The minimum atomic E-state index is -3.26. The van der Waals surface area contributed by atoms with Gasteiger partial charge in [0.1, 0.15) is 18.1 Å². The van der Waals surface area contributed by atoms with E-state index in [-0.39, 0.29) is 24.2 Å². The molecule has 8 heteroatoms. The summed E-state index contributed by atoms with van der Waals surface area (Å²) in [5, 5.41) is 0. The predicted octanol–water partition coefficient (Wildman–Crippen LogP) is 1.17. The van der Waals surface area contributed by atoms with Gasteiger partial charge in [-0.3, -0.25) is 4.79 Å². The number of hydrogen-bond acceptors (Lipinski definition) is 5. The first-order valence-electron chi connectivity index (χ1n) is 8.91. The minimum absolute atomic E-state index is 0.0318. The summed E-state index contributed by atoms with van der Waals surface area (Å²) >= 11 is 0. The Bertz CT molecular complexity index is 906. The zero-order valence-electron chi connectivity index (χ0n) is 15.3. The summed E-state index contributed by atoms with van der Waals surface area (Å²) in [6, 6.07) is 7.43. The molecule has 1 aromatic heterocycles. The Morgan fingerprint density at radius 3 is 2.77 bits per heavy atom. The lowest BCUT2D eigenvalue weighted by atomic mass is 9.91. The molecule has 0 spiro atoms. The van der Waals surface area contributed by atoms with E-state index < -0.39 is 9.84 Å². The third-order valence-electron chi connectivity index (χ3n) is 5.10. The van der Waals surface area contributed by atoms with Gasteiger partial charge in [0.2, 0.25) is 5.91 Å². The molecular formula is C18H26N4O3S. The van der Waals surface area contributed by atoms with Crippen LogP contribution >= 0.6 is 0 Å². The predicted molar refractivity (Wildman–Crippen MR) is 101 cm³/mol. The van der Waals surface area contributed by atoms with Crippen molar-refractivity contribution in [2.45, 2.75) is 38.1 Å². The summed E-state index contributed by atoms with van der Waals surface area (Å²) in [6.07, 6.45) is 3.21. The molecule has 2 atom stereocenters. The van der Waals surface area contributed by atoms with Crippen molar-refractivity contribution in [1.29, 1.82) is 0 Å². The molecule has 1 aliphatic heterocycles. The van der Waals surface area contributed by atoms with Crippen LogP contribution in [-0.2, 0) is 26.9 Å². The summed E-state index contributed by atoms with van der Waals surface area (Å²) in [7, 11) is -3.26. The van der Waals surface area contributed by atoms with Gasteiger partial charge in [-0.1, -0.05) is 19.1 Å². The lowest BCUT2D eigenvalue weighted by molar-refractivity contribution is -0.136. The molecule has 2 N–H and O–H groups in total. The fraction of sp³-hybridized carbons (Fsp3) is 0.556. The van der Waals surface area contributed by atoms with Gasteiger partial charge in [0.05, 0.1) is 11.0 Å². The Hall–Kier alpha value is -1.93. The number of rotatable bonds is 5. The van der Waals surface area contributed by atoms with Gasteiger partial charge in [0, 0.05) is 25.4 Å². The molecular weight excluding hydrogens is 352 g/mol. The quantitative estimate of drug-likeness (QED) is 0.842. The average molecular weight is 378 g/mol. The van der Waals surface area contributed by atoms with Crippen LogP contribution in [0.3, 0.4) is 0 Å². The highest BCUT2D eigenvalue weighted by Gasteiger charge is 2.31. The normalized spacial score (nSPS) is 21.3. The molecule has 2 heterocycles. The van der Waals surface area contributed by atoms with Crippen LogP contribution in [0, 0.1) is 5.92 Å². The lowest BCUT2D eigenvalue weighted by Gasteiger charge is -2.39. The molecule has 7 nitrogen and oxygen atoms in total. The van der Waals surface area contributed by atoms with Crippen LogP contribution < -0.4 is 5.73 Å². The molecule has 1 aliphatic rings. The van der Waals surface area contributed by atoms with Gasteiger partial charge in [-0.2, -0.15) is 0 Å². The first-order chi connectivity index (χ1) is 12.3. The second-order valence-corrected chi connectivity index (χ2v) is 9.32. The number of piperidine rings is 1. The van der Waals surface area contributed by atoms with E-state index >= 15 is 0 Å². The molecule has 142 valence electrons. The lowest BCUT2D eigenvalue weighted by Crippen LogP contribution is -2.52. The van der Waals surface area contributed by atoms with E-state index in [1.807, 2.05) is 29.2 Å². The number of sulfone groups is 1. The fourth-order valence-electron chi connectivity index (χ4n) is 3.79. The number of likely N-dealkylation sites (tertiary alicyclic amines) is 1. The molecule has 0 radical (unpaired) electrons. The molecule has 0 aliphatic carbocycles. The molecule has 0 bridgehead atoms.